The second-order valence-corrected chi connectivity index (χ2v) is 6.38. The van der Waals surface area contributed by atoms with Crippen LogP contribution in [0.25, 0.3) is 0 Å². The van der Waals surface area contributed by atoms with E-state index in [0.717, 1.165) is 21.5 Å². The summed E-state index contributed by atoms with van der Waals surface area (Å²) in [6, 6.07) is 8.40. The van der Waals surface area contributed by atoms with Gasteiger partial charge in [0.15, 0.2) is 0 Å². The molecule has 0 spiro atoms. The number of nitrogens with one attached hydrogen (secondary N) is 1. The van der Waals surface area contributed by atoms with Gasteiger partial charge in [0.1, 0.15) is 5.01 Å². The maximum Gasteiger partial charge on any atom is 0.215 e. The minimum absolute atomic E-state index is 0.425. The van der Waals surface area contributed by atoms with E-state index in [4.69, 9.17) is 5.73 Å². The summed E-state index contributed by atoms with van der Waals surface area (Å²) in [5.74, 6) is 0.425. The molecule has 2 rings (SSSR count). The molecule has 0 aliphatic rings. The molecule has 1 aromatic carbocycles. The summed E-state index contributed by atoms with van der Waals surface area (Å²) < 4.78 is 3.22. The van der Waals surface area contributed by atoms with Gasteiger partial charge in [-0.1, -0.05) is 37.3 Å². The molecule has 0 aliphatic heterocycles. The van der Waals surface area contributed by atoms with E-state index in [1.165, 1.54) is 5.56 Å². The van der Waals surface area contributed by atoms with Crippen molar-refractivity contribution in [1.82, 2.24) is 10.2 Å². The second-order valence-electron chi connectivity index (χ2n) is 4.49. The highest BCUT2D eigenvalue weighted by atomic mass is 32.2. The molecule has 6 heteroatoms. The van der Waals surface area contributed by atoms with Gasteiger partial charge in [-0.3, -0.25) is 0 Å². The average Bonchev–Trinajstić information content (AvgIpc) is 2.87. The van der Waals surface area contributed by atoms with Gasteiger partial charge in [-0.25, -0.2) is 0 Å². The zero-order chi connectivity index (χ0) is 13.7. The van der Waals surface area contributed by atoms with Crippen LogP contribution in [0.1, 0.15) is 30.3 Å². The first-order valence-corrected chi connectivity index (χ1v) is 7.87. The molecular formula is C13H18N4S2. The van der Waals surface area contributed by atoms with Crippen molar-refractivity contribution < 1.29 is 0 Å². The molecule has 0 fully saturated rings. The van der Waals surface area contributed by atoms with Gasteiger partial charge >= 0.3 is 0 Å². The zero-order valence-electron chi connectivity index (χ0n) is 11.1. The van der Waals surface area contributed by atoms with Gasteiger partial charge in [0.05, 0.1) is 0 Å². The molecule has 0 radical (unpaired) electrons. The fraction of sp³-hybridized carbons (Fsp3) is 0.385. The van der Waals surface area contributed by atoms with Crippen LogP contribution in [0.2, 0.25) is 0 Å². The van der Waals surface area contributed by atoms with Crippen molar-refractivity contribution in [3.8, 4) is 0 Å². The summed E-state index contributed by atoms with van der Waals surface area (Å²) in [6.45, 7) is 4.93. The maximum absolute atomic E-state index is 5.53. The molecule has 0 bridgehead atoms. The van der Waals surface area contributed by atoms with Crippen molar-refractivity contribution in [3.05, 3.63) is 34.8 Å². The molecule has 0 saturated heterocycles. The van der Waals surface area contributed by atoms with Crippen LogP contribution in [0.3, 0.4) is 0 Å². The van der Waals surface area contributed by atoms with Crippen LogP contribution < -0.4 is 10.5 Å². The van der Waals surface area contributed by atoms with Gasteiger partial charge in [-0.2, -0.15) is 0 Å². The molecule has 3 N–H and O–H groups in total. The maximum atomic E-state index is 5.53. The van der Waals surface area contributed by atoms with Crippen molar-refractivity contribution in [2.24, 2.45) is 5.73 Å². The van der Waals surface area contributed by atoms with E-state index >= 15 is 0 Å². The number of nitrogens with zero attached hydrogens (tertiary/aromatic N) is 2. The third-order valence-electron chi connectivity index (χ3n) is 2.55. The summed E-state index contributed by atoms with van der Waals surface area (Å²) in [6.07, 6.45) is 0.923. The monoisotopic (exact) mass is 294 g/mol. The molecule has 0 unspecified atom stereocenters. The van der Waals surface area contributed by atoms with E-state index in [2.05, 4.69) is 53.0 Å². The number of rotatable bonds is 6. The average molecular weight is 294 g/mol. The Hall–Kier alpha value is -1.11. The lowest BCUT2D eigenvalue weighted by Crippen LogP contribution is -2.02. The Kier molecular flexibility index (Phi) is 5.18. The molecule has 0 aliphatic carbocycles. The summed E-state index contributed by atoms with van der Waals surface area (Å²) in [5.41, 5.74) is 6.80. The van der Waals surface area contributed by atoms with Crippen molar-refractivity contribution in [1.29, 1.82) is 0 Å². The van der Waals surface area contributed by atoms with Crippen LogP contribution in [-0.2, 0) is 6.42 Å². The largest absolute Gasteiger partial charge is 0.330 e. The molecule has 1 aromatic heterocycles. The molecule has 0 atom stereocenters. The molecule has 19 heavy (non-hydrogen) atoms. The number of nitrogens with two attached hydrogens (primary N) is 1. The van der Waals surface area contributed by atoms with Crippen molar-refractivity contribution in [3.63, 3.8) is 0 Å². The van der Waals surface area contributed by atoms with Crippen LogP contribution in [-0.4, -0.2) is 16.7 Å². The summed E-state index contributed by atoms with van der Waals surface area (Å²) in [4.78, 5) is 1.15. The van der Waals surface area contributed by atoms with Crippen LogP contribution in [0.5, 0.6) is 0 Å². The van der Waals surface area contributed by atoms with E-state index in [9.17, 15) is 0 Å². The normalized spacial score (nSPS) is 10.9. The number of aromatic nitrogens is 2. The van der Waals surface area contributed by atoms with E-state index in [1.807, 2.05) is 0 Å². The van der Waals surface area contributed by atoms with Gasteiger partial charge in [0.2, 0.25) is 5.13 Å². The fourth-order valence-electron chi connectivity index (χ4n) is 1.50. The molecule has 1 heterocycles. The Morgan fingerprint density at radius 2 is 2.00 bits per heavy atom. The summed E-state index contributed by atoms with van der Waals surface area (Å²) in [5, 5.41) is 10.2. The standard InChI is InChI=1S/C13H18N4S2/c1-9(2)12-15-16-13(18-12)17-19-11-5-3-10(4-6-11)7-8-14/h3-6,9H,7-8,14H2,1-2H3,(H,16,17). The Morgan fingerprint density at radius 1 is 1.26 bits per heavy atom. The van der Waals surface area contributed by atoms with E-state index in [-0.39, 0.29) is 0 Å². The van der Waals surface area contributed by atoms with Gasteiger partial charge in [-0.15, -0.1) is 10.2 Å². The number of benzene rings is 1. The van der Waals surface area contributed by atoms with Crippen LogP contribution in [0, 0.1) is 0 Å². The third-order valence-corrected chi connectivity index (χ3v) is 4.62. The predicted molar refractivity (Wildman–Crippen MR) is 82.7 cm³/mol. The Morgan fingerprint density at radius 3 is 2.58 bits per heavy atom. The Balaban J connectivity index is 1.90. The van der Waals surface area contributed by atoms with Gasteiger partial charge < -0.3 is 10.5 Å². The predicted octanol–water partition coefficient (Wildman–Crippen LogP) is 3.28. The van der Waals surface area contributed by atoms with Gasteiger partial charge in [0.25, 0.3) is 0 Å². The van der Waals surface area contributed by atoms with Gasteiger partial charge in [-0.05, 0) is 42.6 Å². The Labute approximate surface area is 122 Å². The van der Waals surface area contributed by atoms with Crippen molar-refractivity contribution >= 4 is 28.4 Å². The summed E-state index contributed by atoms with van der Waals surface area (Å²) >= 11 is 3.15. The first-order valence-electron chi connectivity index (χ1n) is 6.24. The Bertz CT molecular complexity index is 508. The lowest BCUT2D eigenvalue weighted by molar-refractivity contribution is 0.826. The zero-order valence-corrected chi connectivity index (χ0v) is 12.7. The van der Waals surface area contributed by atoms with Crippen LogP contribution in [0.4, 0.5) is 5.13 Å². The van der Waals surface area contributed by atoms with E-state index < -0.39 is 0 Å². The molecule has 0 amide bonds. The fourth-order valence-corrected chi connectivity index (χ4v) is 2.91. The van der Waals surface area contributed by atoms with Crippen molar-refractivity contribution in [2.45, 2.75) is 31.1 Å². The van der Waals surface area contributed by atoms with Gasteiger partial charge in [0, 0.05) is 10.8 Å². The first-order chi connectivity index (χ1) is 9.19. The van der Waals surface area contributed by atoms with E-state index in [0.29, 0.717) is 12.5 Å². The lowest BCUT2D eigenvalue weighted by atomic mass is 10.2. The topological polar surface area (TPSA) is 63.8 Å². The molecular weight excluding hydrogens is 276 g/mol. The minimum atomic E-state index is 0.425. The van der Waals surface area contributed by atoms with Crippen LogP contribution in [0.15, 0.2) is 29.2 Å². The van der Waals surface area contributed by atoms with E-state index in [1.54, 1.807) is 23.3 Å². The SMILES string of the molecule is CC(C)c1nnc(NSc2ccc(CCN)cc2)s1. The highest BCUT2D eigenvalue weighted by molar-refractivity contribution is 8.00. The molecule has 102 valence electrons. The number of anilines is 1. The van der Waals surface area contributed by atoms with Crippen molar-refractivity contribution in [2.75, 3.05) is 11.3 Å². The molecule has 2 aromatic rings. The smallest absolute Gasteiger partial charge is 0.215 e. The molecule has 0 saturated carbocycles. The number of hydrogen-bond acceptors (Lipinski definition) is 6. The lowest BCUT2D eigenvalue weighted by Gasteiger charge is -2.03. The minimum Gasteiger partial charge on any atom is -0.330 e. The highest BCUT2D eigenvalue weighted by Gasteiger charge is 2.07. The third kappa shape index (κ3) is 4.19. The first kappa shape index (κ1) is 14.3. The quantitative estimate of drug-likeness (QED) is 0.800. The number of hydrogen-bond donors (Lipinski definition) is 2. The molecule has 4 nitrogen and oxygen atoms in total. The second kappa shape index (κ2) is 6.88. The summed E-state index contributed by atoms with van der Waals surface area (Å²) in [7, 11) is 0. The highest BCUT2D eigenvalue weighted by Crippen LogP contribution is 2.27. The van der Waals surface area contributed by atoms with Crippen LogP contribution >= 0.6 is 23.3 Å².